The van der Waals surface area contributed by atoms with E-state index >= 15 is 0 Å². The van der Waals surface area contributed by atoms with Gasteiger partial charge in [0.15, 0.2) is 0 Å². The van der Waals surface area contributed by atoms with E-state index < -0.39 is 5.54 Å². The summed E-state index contributed by atoms with van der Waals surface area (Å²) in [5.41, 5.74) is 7.40. The Hall–Kier alpha value is -1.91. The number of hydrogen-bond acceptors (Lipinski definition) is 2. The number of halogens is 2. The second-order valence-corrected chi connectivity index (χ2v) is 5.82. The first-order valence-corrected chi connectivity index (χ1v) is 6.98. The standard InChI is InChI=1S/C16H14ClFN2O/c1-16(9-15(21)19-20-16)11-4-2-10(3-5-11)13-7-6-12(17)8-14(13)18/h2-8,20H,9H2,1H3,(H,19,21). The molecule has 1 fully saturated rings. The molecule has 2 aromatic carbocycles. The van der Waals surface area contributed by atoms with Crippen LogP contribution < -0.4 is 10.9 Å². The molecule has 0 bridgehead atoms. The second-order valence-electron chi connectivity index (χ2n) is 5.38. The summed E-state index contributed by atoms with van der Waals surface area (Å²) in [6.45, 7) is 1.95. The summed E-state index contributed by atoms with van der Waals surface area (Å²) >= 11 is 5.76. The van der Waals surface area contributed by atoms with Gasteiger partial charge >= 0.3 is 0 Å². The van der Waals surface area contributed by atoms with Crippen molar-refractivity contribution in [3.8, 4) is 11.1 Å². The van der Waals surface area contributed by atoms with Crippen molar-refractivity contribution in [1.29, 1.82) is 0 Å². The average molecular weight is 305 g/mol. The molecule has 3 rings (SSSR count). The number of hydrogen-bond donors (Lipinski definition) is 2. The van der Waals surface area contributed by atoms with Gasteiger partial charge in [-0.2, -0.15) is 0 Å². The summed E-state index contributed by atoms with van der Waals surface area (Å²) in [7, 11) is 0. The molecule has 0 saturated carbocycles. The summed E-state index contributed by atoms with van der Waals surface area (Å²) in [6.07, 6.45) is 0.377. The van der Waals surface area contributed by atoms with Crippen molar-refractivity contribution in [2.45, 2.75) is 18.9 Å². The molecule has 2 aromatic rings. The van der Waals surface area contributed by atoms with Gasteiger partial charge in [0.2, 0.25) is 5.91 Å². The van der Waals surface area contributed by atoms with Crippen molar-refractivity contribution in [2.75, 3.05) is 0 Å². The fourth-order valence-electron chi connectivity index (χ4n) is 2.53. The smallest absolute Gasteiger partial charge is 0.236 e. The minimum Gasteiger partial charge on any atom is -0.291 e. The van der Waals surface area contributed by atoms with Crippen LogP contribution in [0.2, 0.25) is 5.02 Å². The molecule has 5 heteroatoms. The zero-order chi connectivity index (χ0) is 15.0. The Labute approximate surface area is 127 Å². The molecule has 1 aliphatic heterocycles. The van der Waals surface area contributed by atoms with E-state index in [-0.39, 0.29) is 11.7 Å². The molecule has 1 atom stereocenters. The van der Waals surface area contributed by atoms with Crippen LogP contribution in [-0.2, 0) is 10.3 Å². The van der Waals surface area contributed by atoms with E-state index in [1.807, 2.05) is 31.2 Å². The number of amides is 1. The maximum atomic E-state index is 13.9. The van der Waals surface area contributed by atoms with E-state index in [0.29, 0.717) is 17.0 Å². The van der Waals surface area contributed by atoms with Crippen LogP contribution >= 0.6 is 11.6 Å². The lowest BCUT2D eigenvalue weighted by molar-refractivity contribution is -0.119. The number of rotatable bonds is 2. The Kier molecular flexibility index (Phi) is 3.43. The zero-order valence-electron chi connectivity index (χ0n) is 11.4. The van der Waals surface area contributed by atoms with Crippen LogP contribution in [0.25, 0.3) is 11.1 Å². The molecule has 1 unspecified atom stereocenters. The number of carbonyl (C=O) groups excluding carboxylic acids is 1. The molecule has 3 nitrogen and oxygen atoms in total. The van der Waals surface area contributed by atoms with Gasteiger partial charge in [-0.05, 0) is 36.2 Å². The molecule has 0 aliphatic carbocycles. The highest BCUT2D eigenvalue weighted by Gasteiger charge is 2.35. The van der Waals surface area contributed by atoms with Gasteiger partial charge in [-0.25, -0.2) is 9.82 Å². The fraction of sp³-hybridized carbons (Fsp3) is 0.188. The summed E-state index contributed by atoms with van der Waals surface area (Å²) in [6, 6.07) is 12.1. The molecule has 0 radical (unpaired) electrons. The van der Waals surface area contributed by atoms with Gasteiger partial charge in [0.25, 0.3) is 0 Å². The molecule has 1 amide bonds. The largest absolute Gasteiger partial charge is 0.291 e. The van der Waals surface area contributed by atoms with Crippen LogP contribution in [0, 0.1) is 5.82 Å². The van der Waals surface area contributed by atoms with Crippen molar-refractivity contribution < 1.29 is 9.18 Å². The molecule has 1 saturated heterocycles. The number of carbonyl (C=O) groups is 1. The SMILES string of the molecule is CC1(c2ccc(-c3ccc(Cl)cc3F)cc2)CC(=O)NN1. The highest BCUT2D eigenvalue weighted by molar-refractivity contribution is 6.30. The quantitative estimate of drug-likeness (QED) is 0.893. The second kappa shape index (κ2) is 5.13. The fourth-order valence-corrected chi connectivity index (χ4v) is 2.69. The Morgan fingerprint density at radius 2 is 1.90 bits per heavy atom. The van der Waals surface area contributed by atoms with E-state index in [4.69, 9.17) is 11.6 Å². The molecule has 1 aliphatic rings. The lowest BCUT2D eigenvalue weighted by Crippen LogP contribution is -2.38. The van der Waals surface area contributed by atoms with Crippen LogP contribution in [0.4, 0.5) is 4.39 Å². The van der Waals surface area contributed by atoms with Crippen LogP contribution in [0.3, 0.4) is 0 Å². The molecule has 0 spiro atoms. The number of hydrazine groups is 1. The highest BCUT2D eigenvalue weighted by atomic mass is 35.5. The topological polar surface area (TPSA) is 41.1 Å². The van der Waals surface area contributed by atoms with Crippen LogP contribution in [0.1, 0.15) is 18.9 Å². The minimum atomic E-state index is -0.436. The normalized spacial score (nSPS) is 21.4. The van der Waals surface area contributed by atoms with Gasteiger partial charge in [-0.3, -0.25) is 10.2 Å². The molecular formula is C16H14ClFN2O. The van der Waals surface area contributed by atoms with Gasteiger partial charge < -0.3 is 0 Å². The van der Waals surface area contributed by atoms with Crippen molar-refractivity contribution in [1.82, 2.24) is 10.9 Å². The van der Waals surface area contributed by atoms with Crippen molar-refractivity contribution in [3.63, 3.8) is 0 Å². The molecular weight excluding hydrogens is 291 g/mol. The van der Waals surface area contributed by atoms with Crippen molar-refractivity contribution in [2.24, 2.45) is 0 Å². The van der Waals surface area contributed by atoms with E-state index in [2.05, 4.69) is 10.9 Å². The predicted molar refractivity (Wildman–Crippen MR) is 80.1 cm³/mol. The molecule has 1 heterocycles. The van der Waals surface area contributed by atoms with Gasteiger partial charge in [-0.15, -0.1) is 0 Å². The third-order valence-electron chi connectivity index (χ3n) is 3.76. The van der Waals surface area contributed by atoms with E-state index in [0.717, 1.165) is 11.1 Å². The Morgan fingerprint density at radius 3 is 2.48 bits per heavy atom. The first-order chi connectivity index (χ1) is 9.98. The van der Waals surface area contributed by atoms with Crippen LogP contribution in [-0.4, -0.2) is 5.91 Å². The van der Waals surface area contributed by atoms with Gasteiger partial charge in [0.1, 0.15) is 5.82 Å². The summed E-state index contributed by atoms with van der Waals surface area (Å²) < 4.78 is 13.9. The van der Waals surface area contributed by atoms with E-state index in [9.17, 15) is 9.18 Å². The molecule has 0 aromatic heterocycles. The number of nitrogens with one attached hydrogen (secondary N) is 2. The zero-order valence-corrected chi connectivity index (χ0v) is 12.2. The lowest BCUT2D eigenvalue weighted by atomic mass is 9.89. The maximum Gasteiger partial charge on any atom is 0.236 e. The Morgan fingerprint density at radius 1 is 1.19 bits per heavy atom. The Bertz CT molecular complexity index is 702. The summed E-state index contributed by atoms with van der Waals surface area (Å²) in [5, 5.41) is 0.375. The van der Waals surface area contributed by atoms with Crippen molar-refractivity contribution >= 4 is 17.5 Å². The van der Waals surface area contributed by atoms with Crippen LogP contribution in [0.15, 0.2) is 42.5 Å². The first kappa shape index (κ1) is 14.0. The van der Waals surface area contributed by atoms with Gasteiger partial charge in [0, 0.05) is 10.6 Å². The highest BCUT2D eigenvalue weighted by Crippen LogP contribution is 2.30. The maximum absolute atomic E-state index is 13.9. The number of benzene rings is 2. The van der Waals surface area contributed by atoms with Crippen molar-refractivity contribution in [3.05, 3.63) is 58.9 Å². The minimum absolute atomic E-state index is 0.0367. The third kappa shape index (κ3) is 2.64. The van der Waals surface area contributed by atoms with Gasteiger partial charge in [-0.1, -0.05) is 35.9 Å². The van der Waals surface area contributed by atoms with Gasteiger partial charge in [0.05, 0.1) is 12.0 Å². The third-order valence-corrected chi connectivity index (χ3v) is 3.99. The molecule has 2 N–H and O–H groups in total. The van der Waals surface area contributed by atoms with E-state index in [1.54, 1.807) is 12.1 Å². The average Bonchev–Trinajstić information content (AvgIpc) is 2.80. The molecule has 21 heavy (non-hydrogen) atoms. The first-order valence-electron chi connectivity index (χ1n) is 6.60. The van der Waals surface area contributed by atoms with Crippen LogP contribution in [0.5, 0.6) is 0 Å². The van der Waals surface area contributed by atoms with E-state index in [1.165, 1.54) is 6.07 Å². The lowest BCUT2D eigenvalue weighted by Gasteiger charge is -2.23. The predicted octanol–water partition coefficient (Wildman–Crippen LogP) is 3.39. The summed E-state index contributed by atoms with van der Waals surface area (Å²) in [5.74, 6) is -0.386. The monoisotopic (exact) mass is 304 g/mol. The Balaban J connectivity index is 1.92. The summed E-state index contributed by atoms with van der Waals surface area (Å²) in [4.78, 5) is 11.4. The molecule has 108 valence electrons.